The Morgan fingerprint density at radius 1 is 1.21 bits per heavy atom. The zero-order valence-electron chi connectivity index (χ0n) is 10.7. The number of hydrogen-bond donors (Lipinski definition) is 1. The van der Waals surface area contributed by atoms with Crippen LogP contribution in [0.3, 0.4) is 0 Å². The van der Waals surface area contributed by atoms with Crippen LogP contribution in [0.15, 0.2) is 40.9 Å². The number of methoxy groups -OCH3 is 1. The van der Waals surface area contributed by atoms with Gasteiger partial charge in [0.05, 0.1) is 23.0 Å². The molecule has 0 atom stereocenters. The number of benzene rings is 2. The van der Waals surface area contributed by atoms with E-state index in [1.54, 1.807) is 13.2 Å². The van der Waals surface area contributed by atoms with Crippen LogP contribution in [0.5, 0.6) is 5.75 Å². The summed E-state index contributed by atoms with van der Waals surface area (Å²) in [5, 5.41) is 0. The number of hydrogen-bond acceptors (Lipinski definition) is 3. The summed E-state index contributed by atoms with van der Waals surface area (Å²) in [7, 11) is 3.49. The number of anilines is 3. The van der Waals surface area contributed by atoms with E-state index in [9.17, 15) is 4.39 Å². The molecule has 2 rings (SSSR count). The maximum absolute atomic E-state index is 13.1. The number of ether oxygens (including phenoxy) is 1. The van der Waals surface area contributed by atoms with Crippen molar-refractivity contribution in [3.63, 3.8) is 0 Å². The molecule has 2 aromatic carbocycles. The van der Waals surface area contributed by atoms with Crippen molar-refractivity contribution in [1.82, 2.24) is 0 Å². The minimum Gasteiger partial charge on any atom is -0.496 e. The van der Waals surface area contributed by atoms with Crippen molar-refractivity contribution in [1.29, 1.82) is 0 Å². The van der Waals surface area contributed by atoms with Crippen molar-refractivity contribution >= 4 is 33.0 Å². The van der Waals surface area contributed by atoms with Gasteiger partial charge >= 0.3 is 0 Å². The van der Waals surface area contributed by atoms with Gasteiger partial charge in [0.1, 0.15) is 11.6 Å². The van der Waals surface area contributed by atoms with Crippen LogP contribution in [0.25, 0.3) is 0 Å². The highest BCUT2D eigenvalue weighted by Gasteiger charge is 2.10. The summed E-state index contributed by atoms with van der Waals surface area (Å²) < 4.78 is 19.1. The summed E-state index contributed by atoms with van der Waals surface area (Å²) >= 11 is 3.44. The van der Waals surface area contributed by atoms with Crippen LogP contribution in [-0.2, 0) is 0 Å². The van der Waals surface area contributed by atoms with E-state index in [1.165, 1.54) is 12.1 Å². The Morgan fingerprint density at radius 2 is 1.95 bits per heavy atom. The van der Waals surface area contributed by atoms with Gasteiger partial charge in [-0.05, 0) is 52.3 Å². The lowest BCUT2D eigenvalue weighted by Gasteiger charge is -2.22. The molecule has 0 saturated carbocycles. The largest absolute Gasteiger partial charge is 0.496 e. The second-order valence-electron chi connectivity index (χ2n) is 4.08. The molecule has 2 N–H and O–H groups in total. The van der Waals surface area contributed by atoms with Gasteiger partial charge in [0.2, 0.25) is 0 Å². The van der Waals surface area contributed by atoms with Crippen LogP contribution in [0.4, 0.5) is 21.5 Å². The molecule has 5 heteroatoms. The van der Waals surface area contributed by atoms with E-state index in [-0.39, 0.29) is 5.82 Å². The Morgan fingerprint density at radius 3 is 2.53 bits per heavy atom. The van der Waals surface area contributed by atoms with E-state index in [2.05, 4.69) is 15.9 Å². The quantitative estimate of drug-likeness (QED) is 0.869. The number of rotatable bonds is 3. The summed E-state index contributed by atoms with van der Waals surface area (Å²) in [6.07, 6.45) is 0. The fourth-order valence-corrected chi connectivity index (χ4v) is 2.36. The van der Waals surface area contributed by atoms with Gasteiger partial charge in [0, 0.05) is 12.7 Å². The molecule has 0 fully saturated rings. The average molecular weight is 325 g/mol. The highest BCUT2D eigenvalue weighted by atomic mass is 79.9. The second-order valence-corrected chi connectivity index (χ2v) is 4.94. The first kappa shape index (κ1) is 13.7. The van der Waals surface area contributed by atoms with Crippen LogP contribution in [0, 0.1) is 5.82 Å². The van der Waals surface area contributed by atoms with Gasteiger partial charge < -0.3 is 15.4 Å². The molecule has 0 bridgehead atoms. The fraction of sp³-hybridized carbons (Fsp3) is 0.143. The van der Waals surface area contributed by atoms with Crippen LogP contribution < -0.4 is 15.4 Å². The van der Waals surface area contributed by atoms with E-state index in [0.717, 1.165) is 21.6 Å². The zero-order valence-corrected chi connectivity index (χ0v) is 12.2. The van der Waals surface area contributed by atoms with Gasteiger partial charge in [0.25, 0.3) is 0 Å². The Balaban J connectivity index is 2.38. The van der Waals surface area contributed by atoms with Gasteiger partial charge in [-0.1, -0.05) is 0 Å². The standard InChI is InChI=1S/C14H14BrFN2O/c1-18(13-5-3-9(16)7-12(13)17)10-4-6-14(19-2)11(15)8-10/h3-8H,17H2,1-2H3. The number of nitrogens with zero attached hydrogens (tertiary/aromatic N) is 1. The molecule has 0 amide bonds. The Labute approximate surface area is 119 Å². The van der Waals surface area contributed by atoms with E-state index in [4.69, 9.17) is 10.5 Å². The summed E-state index contributed by atoms with van der Waals surface area (Å²) in [6.45, 7) is 0. The van der Waals surface area contributed by atoms with Crippen molar-refractivity contribution in [2.45, 2.75) is 0 Å². The van der Waals surface area contributed by atoms with Crippen molar-refractivity contribution in [3.8, 4) is 5.75 Å². The minimum absolute atomic E-state index is 0.342. The topological polar surface area (TPSA) is 38.5 Å². The van der Waals surface area contributed by atoms with E-state index >= 15 is 0 Å². The van der Waals surface area contributed by atoms with Crippen molar-refractivity contribution < 1.29 is 9.13 Å². The van der Waals surface area contributed by atoms with Gasteiger partial charge in [0.15, 0.2) is 0 Å². The van der Waals surface area contributed by atoms with Crippen LogP contribution >= 0.6 is 15.9 Å². The average Bonchev–Trinajstić information content (AvgIpc) is 2.38. The predicted octanol–water partition coefficient (Wildman–Crippen LogP) is 3.95. The molecule has 0 heterocycles. The first-order valence-electron chi connectivity index (χ1n) is 5.65. The molecular formula is C14H14BrFN2O. The predicted molar refractivity (Wildman–Crippen MR) is 79.6 cm³/mol. The summed E-state index contributed by atoms with van der Waals surface area (Å²) in [5.41, 5.74) is 7.90. The molecule has 2 aromatic rings. The monoisotopic (exact) mass is 324 g/mol. The van der Waals surface area contributed by atoms with Gasteiger partial charge in [-0.3, -0.25) is 0 Å². The summed E-state index contributed by atoms with van der Waals surface area (Å²) in [6, 6.07) is 10.0. The molecule has 0 aliphatic heterocycles. The van der Waals surface area contributed by atoms with Crippen molar-refractivity contribution in [2.24, 2.45) is 0 Å². The molecule has 0 aliphatic carbocycles. The molecule has 0 saturated heterocycles. The highest BCUT2D eigenvalue weighted by molar-refractivity contribution is 9.10. The first-order chi connectivity index (χ1) is 9.02. The summed E-state index contributed by atoms with van der Waals surface area (Å²) in [4.78, 5) is 1.89. The fourth-order valence-electron chi connectivity index (χ4n) is 1.83. The molecule has 100 valence electrons. The normalized spacial score (nSPS) is 10.3. The van der Waals surface area contributed by atoms with Crippen LogP contribution in [-0.4, -0.2) is 14.2 Å². The molecule has 0 radical (unpaired) electrons. The van der Waals surface area contributed by atoms with Gasteiger partial charge in [-0.2, -0.15) is 0 Å². The maximum Gasteiger partial charge on any atom is 0.133 e. The third kappa shape index (κ3) is 2.81. The Kier molecular flexibility index (Phi) is 3.95. The Hall–Kier alpha value is -1.75. The molecular weight excluding hydrogens is 311 g/mol. The zero-order chi connectivity index (χ0) is 14.0. The lowest BCUT2D eigenvalue weighted by atomic mass is 10.2. The number of nitrogens with two attached hydrogens (primary N) is 1. The number of nitrogen functional groups attached to an aromatic ring is 1. The SMILES string of the molecule is COc1ccc(N(C)c2ccc(F)cc2N)cc1Br. The molecule has 19 heavy (non-hydrogen) atoms. The molecule has 0 unspecified atom stereocenters. The lowest BCUT2D eigenvalue weighted by Crippen LogP contribution is -2.11. The lowest BCUT2D eigenvalue weighted by molar-refractivity contribution is 0.412. The van der Waals surface area contributed by atoms with E-state index in [1.807, 2.05) is 30.1 Å². The first-order valence-corrected chi connectivity index (χ1v) is 6.44. The maximum atomic E-state index is 13.1. The molecule has 0 spiro atoms. The second kappa shape index (κ2) is 5.48. The third-order valence-corrected chi connectivity index (χ3v) is 3.49. The summed E-state index contributed by atoms with van der Waals surface area (Å²) in [5.74, 6) is 0.412. The van der Waals surface area contributed by atoms with Crippen LogP contribution in [0.1, 0.15) is 0 Å². The van der Waals surface area contributed by atoms with Crippen LogP contribution in [0.2, 0.25) is 0 Å². The molecule has 0 aliphatic rings. The van der Waals surface area contributed by atoms with Crippen molar-refractivity contribution in [3.05, 3.63) is 46.7 Å². The third-order valence-electron chi connectivity index (χ3n) is 2.87. The highest BCUT2D eigenvalue weighted by Crippen LogP contribution is 2.34. The van der Waals surface area contributed by atoms with Gasteiger partial charge in [-0.25, -0.2) is 4.39 Å². The van der Waals surface area contributed by atoms with E-state index in [0.29, 0.717) is 5.69 Å². The molecule has 3 nitrogen and oxygen atoms in total. The molecule has 0 aromatic heterocycles. The Bertz CT molecular complexity index is 604. The van der Waals surface area contributed by atoms with E-state index < -0.39 is 0 Å². The number of halogens is 2. The van der Waals surface area contributed by atoms with Crippen molar-refractivity contribution in [2.75, 3.05) is 24.8 Å². The smallest absolute Gasteiger partial charge is 0.133 e. The minimum atomic E-state index is -0.342. The van der Waals surface area contributed by atoms with Gasteiger partial charge in [-0.15, -0.1) is 0 Å².